The lowest BCUT2D eigenvalue weighted by Crippen LogP contribution is -2.43. The molecule has 0 unspecified atom stereocenters. The Bertz CT molecular complexity index is 422. The van der Waals surface area contributed by atoms with Gasteiger partial charge in [0.1, 0.15) is 6.17 Å². The van der Waals surface area contributed by atoms with E-state index >= 15 is 0 Å². The molecule has 0 radical (unpaired) electrons. The molecule has 0 spiro atoms. The number of benzene rings is 1. The number of alkyl halides is 1. The van der Waals surface area contributed by atoms with Crippen LogP contribution in [0.25, 0.3) is 0 Å². The second kappa shape index (κ2) is 4.73. The van der Waals surface area contributed by atoms with Crippen molar-refractivity contribution in [2.24, 2.45) is 0 Å². The fraction of sp³-hybridized carbons (Fsp3) is 0.462. The summed E-state index contributed by atoms with van der Waals surface area (Å²) in [6, 6.07) is 7.73. The maximum atomic E-state index is 14.0. The minimum absolute atomic E-state index is 0.0195. The van der Waals surface area contributed by atoms with Crippen LogP contribution in [0.5, 0.6) is 0 Å². The van der Waals surface area contributed by atoms with E-state index in [4.69, 9.17) is 5.11 Å². The van der Waals surface area contributed by atoms with Crippen molar-refractivity contribution < 1.29 is 14.3 Å². The highest BCUT2D eigenvalue weighted by molar-refractivity contribution is 5.65. The summed E-state index contributed by atoms with van der Waals surface area (Å²) in [5.41, 5.74) is 2.08. The summed E-state index contributed by atoms with van der Waals surface area (Å²) in [4.78, 5) is 11.9. The zero-order chi connectivity index (χ0) is 12.4. The predicted molar refractivity (Wildman–Crippen MR) is 63.0 cm³/mol. The van der Waals surface area contributed by atoms with E-state index < -0.39 is 12.3 Å². The first kappa shape index (κ1) is 11.9. The molecule has 2 rings (SSSR count). The third-order valence-corrected chi connectivity index (χ3v) is 3.40. The molecule has 1 aliphatic heterocycles. The molecule has 1 aromatic carbocycles. The third-order valence-electron chi connectivity index (χ3n) is 3.40. The van der Waals surface area contributed by atoms with Crippen molar-refractivity contribution in [3.63, 3.8) is 0 Å². The van der Waals surface area contributed by atoms with Crippen LogP contribution < -0.4 is 0 Å². The van der Waals surface area contributed by atoms with Gasteiger partial charge in [-0.25, -0.2) is 9.18 Å². The number of carbonyl (C=O) groups is 1. The number of nitrogens with zero attached hydrogens (tertiary/aromatic N) is 1. The highest BCUT2D eigenvalue weighted by Crippen LogP contribution is 2.32. The lowest BCUT2D eigenvalue weighted by Gasteiger charge is -2.33. The van der Waals surface area contributed by atoms with Gasteiger partial charge in [0.05, 0.1) is 6.54 Å². The lowest BCUT2D eigenvalue weighted by molar-refractivity contribution is 0.0962. The average Bonchev–Trinajstić information content (AvgIpc) is 2.30. The Morgan fingerprint density at radius 3 is 2.76 bits per heavy atom. The highest BCUT2D eigenvalue weighted by atomic mass is 19.1. The van der Waals surface area contributed by atoms with E-state index in [1.54, 1.807) is 0 Å². The first-order valence-corrected chi connectivity index (χ1v) is 5.77. The van der Waals surface area contributed by atoms with Gasteiger partial charge in [-0.15, -0.1) is 0 Å². The van der Waals surface area contributed by atoms with Crippen LogP contribution in [0.4, 0.5) is 9.18 Å². The topological polar surface area (TPSA) is 40.5 Å². The maximum Gasteiger partial charge on any atom is 0.407 e. The molecular formula is C13H16FNO2. The SMILES string of the molecule is Cc1ccccc1[C@H]1CCN(C(=O)O)C[C@@H]1F. The Hall–Kier alpha value is -1.58. The van der Waals surface area contributed by atoms with E-state index in [-0.39, 0.29) is 12.5 Å². The highest BCUT2D eigenvalue weighted by Gasteiger charge is 2.32. The minimum atomic E-state index is -1.11. The molecule has 1 fully saturated rings. The van der Waals surface area contributed by atoms with E-state index in [1.165, 1.54) is 0 Å². The van der Waals surface area contributed by atoms with E-state index in [0.717, 1.165) is 16.0 Å². The van der Waals surface area contributed by atoms with Gasteiger partial charge >= 0.3 is 6.09 Å². The van der Waals surface area contributed by atoms with Crippen LogP contribution in [0.1, 0.15) is 23.5 Å². The van der Waals surface area contributed by atoms with Gasteiger partial charge in [-0.05, 0) is 24.5 Å². The average molecular weight is 237 g/mol. The largest absolute Gasteiger partial charge is 0.465 e. The summed E-state index contributed by atoms with van der Waals surface area (Å²) in [5, 5.41) is 8.83. The second-order valence-corrected chi connectivity index (χ2v) is 4.50. The van der Waals surface area contributed by atoms with Crippen LogP contribution in [-0.4, -0.2) is 35.4 Å². The number of piperidine rings is 1. The number of rotatable bonds is 1. The van der Waals surface area contributed by atoms with Crippen molar-refractivity contribution >= 4 is 6.09 Å². The molecule has 2 atom stereocenters. The van der Waals surface area contributed by atoms with Crippen molar-refractivity contribution in [1.29, 1.82) is 0 Å². The quantitative estimate of drug-likeness (QED) is 0.815. The second-order valence-electron chi connectivity index (χ2n) is 4.50. The monoisotopic (exact) mass is 237 g/mol. The fourth-order valence-electron chi connectivity index (χ4n) is 2.43. The van der Waals surface area contributed by atoms with Crippen molar-refractivity contribution in [2.75, 3.05) is 13.1 Å². The van der Waals surface area contributed by atoms with Gasteiger partial charge in [0.15, 0.2) is 0 Å². The van der Waals surface area contributed by atoms with Crippen LogP contribution in [0.3, 0.4) is 0 Å². The van der Waals surface area contributed by atoms with Crippen LogP contribution >= 0.6 is 0 Å². The molecule has 1 aromatic rings. The zero-order valence-corrected chi connectivity index (χ0v) is 9.77. The fourth-order valence-corrected chi connectivity index (χ4v) is 2.43. The van der Waals surface area contributed by atoms with E-state index in [1.807, 2.05) is 31.2 Å². The first-order valence-electron chi connectivity index (χ1n) is 5.77. The molecular weight excluding hydrogens is 221 g/mol. The molecule has 1 saturated heterocycles. The standard InChI is InChI=1S/C13H16FNO2/c1-9-4-2-3-5-10(9)11-6-7-15(13(16)17)8-12(11)14/h2-5,11-12H,6-8H2,1H3,(H,16,17)/t11-,12+/m1/s1. The lowest BCUT2D eigenvalue weighted by atomic mass is 9.86. The number of likely N-dealkylation sites (tertiary alicyclic amines) is 1. The normalized spacial score (nSPS) is 24.7. The smallest absolute Gasteiger partial charge is 0.407 e. The van der Waals surface area contributed by atoms with Crippen molar-refractivity contribution in [3.05, 3.63) is 35.4 Å². The summed E-state index contributed by atoms with van der Waals surface area (Å²) in [6.45, 7) is 2.36. The zero-order valence-electron chi connectivity index (χ0n) is 9.77. The van der Waals surface area contributed by atoms with Crippen LogP contribution in [0.15, 0.2) is 24.3 Å². The molecule has 0 bridgehead atoms. The van der Waals surface area contributed by atoms with Gasteiger partial charge in [-0.3, -0.25) is 0 Å². The molecule has 4 heteroatoms. The van der Waals surface area contributed by atoms with Crippen LogP contribution in [-0.2, 0) is 0 Å². The minimum Gasteiger partial charge on any atom is -0.465 e. The molecule has 1 amide bonds. The van der Waals surface area contributed by atoms with Crippen molar-refractivity contribution in [1.82, 2.24) is 4.90 Å². The molecule has 0 aliphatic carbocycles. The van der Waals surface area contributed by atoms with E-state index in [2.05, 4.69) is 0 Å². The molecule has 1 N–H and O–H groups in total. The molecule has 0 saturated carbocycles. The van der Waals surface area contributed by atoms with Crippen LogP contribution in [0, 0.1) is 6.92 Å². The Labute approximate surface area is 99.9 Å². The van der Waals surface area contributed by atoms with Gasteiger partial charge in [0, 0.05) is 12.5 Å². The summed E-state index contributed by atoms with van der Waals surface area (Å²) in [6.07, 6.45) is -1.59. The number of carboxylic acid groups (broad SMARTS) is 1. The summed E-state index contributed by atoms with van der Waals surface area (Å²) >= 11 is 0. The van der Waals surface area contributed by atoms with Crippen LogP contribution in [0.2, 0.25) is 0 Å². The predicted octanol–water partition coefficient (Wildman–Crippen LogP) is 2.80. The van der Waals surface area contributed by atoms with Crippen molar-refractivity contribution in [3.8, 4) is 0 Å². The number of hydrogen-bond acceptors (Lipinski definition) is 1. The van der Waals surface area contributed by atoms with Crippen molar-refractivity contribution in [2.45, 2.75) is 25.4 Å². The number of aryl methyl sites for hydroxylation is 1. The molecule has 3 nitrogen and oxygen atoms in total. The molecule has 0 aromatic heterocycles. The molecule has 1 aliphatic rings. The summed E-state index contributed by atoms with van der Waals surface area (Å²) in [5.74, 6) is -0.174. The van der Waals surface area contributed by atoms with Gasteiger partial charge in [0.25, 0.3) is 0 Å². The molecule has 1 heterocycles. The van der Waals surface area contributed by atoms with Gasteiger partial charge in [-0.1, -0.05) is 24.3 Å². The number of amides is 1. The van der Waals surface area contributed by atoms with E-state index in [9.17, 15) is 9.18 Å². The Morgan fingerprint density at radius 1 is 1.47 bits per heavy atom. The first-order chi connectivity index (χ1) is 8.09. The van der Waals surface area contributed by atoms with Gasteiger partial charge < -0.3 is 10.0 Å². The summed E-state index contributed by atoms with van der Waals surface area (Å²) in [7, 11) is 0. The number of halogens is 1. The third kappa shape index (κ3) is 2.40. The Kier molecular flexibility index (Phi) is 3.31. The Morgan fingerprint density at radius 2 is 2.18 bits per heavy atom. The van der Waals surface area contributed by atoms with Gasteiger partial charge in [0.2, 0.25) is 0 Å². The van der Waals surface area contributed by atoms with Gasteiger partial charge in [-0.2, -0.15) is 0 Å². The number of hydrogen-bond donors (Lipinski definition) is 1. The molecule has 92 valence electrons. The Balaban J connectivity index is 2.15. The maximum absolute atomic E-state index is 14.0. The van der Waals surface area contributed by atoms with E-state index in [0.29, 0.717) is 13.0 Å². The molecule has 17 heavy (non-hydrogen) atoms. The summed E-state index contributed by atoms with van der Waals surface area (Å²) < 4.78 is 14.0.